The zero-order chi connectivity index (χ0) is 23.4. The Morgan fingerprint density at radius 1 is 1.09 bits per heavy atom. The molecule has 3 aromatic carbocycles. The molecule has 0 aliphatic carbocycles. The van der Waals surface area contributed by atoms with Gasteiger partial charge in [-0.25, -0.2) is 9.38 Å². The van der Waals surface area contributed by atoms with Crippen molar-refractivity contribution >= 4 is 79.8 Å². The molecule has 0 bridgehead atoms. The van der Waals surface area contributed by atoms with Crippen molar-refractivity contribution in [2.75, 3.05) is 7.11 Å². The van der Waals surface area contributed by atoms with Crippen molar-refractivity contribution in [2.45, 2.75) is 6.61 Å². The van der Waals surface area contributed by atoms with Crippen molar-refractivity contribution < 1.29 is 18.7 Å². The van der Waals surface area contributed by atoms with E-state index in [0.29, 0.717) is 33.9 Å². The smallest absolute Gasteiger partial charge is 0.264 e. The Balaban J connectivity index is 1.52. The number of amidine groups is 1. The summed E-state index contributed by atoms with van der Waals surface area (Å²) in [5, 5.41) is 3.18. The number of hydrogen-bond donors (Lipinski definition) is 1. The third-order valence-corrected chi connectivity index (χ3v) is 6.98. The minimum Gasteiger partial charge on any atom is -0.493 e. The molecule has 1 saturated heterocycles. The SMILES string of the molecule is COc1cc(/C=C2/SC(=Nc3ccc(F)cc3)NC2=O)cc(I)c1OCc1ccc(I)cc1. The molecule has 0 unspecified atom stereocenters. The van der Waals surface area contributed by atoms with E-state index in [1.54, 1.807) is 25.3 Å². The lowest BCUT2D eigenvalue weighted by molar-refractivity contribution is -0.115. The van der Waals surface area contributed by atoms with Crippen LogP contribution in [0.4, 0.5) is 10.1 Å². The summed E-state index contributed by atoms with van der Waals surface area (Å²) >= 11 is 5.69. The van der Waals surface area contributed by atoms with E-state index in [9.17, 15) is 9.18 Å². The van der Waals surface area contributed by atoms with Gasteiger partial charge in [0.1, 0.15) is 12.4 Å². The highest BCUT2D eigenvalue weighted by Gasteiger charge is 2.24. The van der Waals surface area contributed by atoms with Gasteiger partial charge in [-0.05, 0) is 123 Å². The lowest BCUT2D eigenvalue weighted by Gasteiger charge is -2.14. The summed E-state index contributed by atoms with van der Waals surface area (Å²) in [5.74, 6) is 0.662. The molecule has 1 heterocycles. The van der Waals surface area contributed by atoms with Crippen LogP contribution in [0.25, 0.3) is 6.08 Å². The monoisotopic (exact) mass is 686 g/mol. The van der Waals surface area contributed by atoms with Crippen LogP contribution in [0, 0.1) is 13.0 Å². The maximum Gasteiger partial charge on any atom is 0.264 e. The summed E-state index contributed by atoms with van der Waals surface area (Å²) in [7, 11) is 1.59. The first kappa shape index (κ1) is 24.0. The van der Waals surface area contributed by atoms with Gasteiger partial charge in [-0.1, -0.05) is 12.1 Å². The number of ether oxygens (including phenoxy) is 2. The summed E-state index contributed by atoms with van der Waals surface area (Å²) in [4.78, 5) is 17.3. The van der Waals surface area contributed by atoms with Crippen LogP contribution < -0.4 is 14.8 Å². The second kappa shape index (κ2) is 10.9. The molecule has 1 amide bonds. The predicted molar refractivity (Wildman–Crippen MR) is 146 cm³/mol. The van der Waals surface area contributed by atoms with Crippen molar-refractivity contribution in [3.8, 4) is 11.5 Å². The summed E-state index contributed by atoms with van der Waals surface area (Å²) in [6.07, 6.45) is 1.78. The average Bonchev–Trinajstić information content (AvgIpc) is 3.13. The fourth-order valence-electron chi connectivity index (χ4n) is 2.96. The second-order valence-electron chi connectivity index (χ2n) is 6.91. The van der Waals surface area contributed by atoms with Gasteiger partial charge >= 0.3 is 0 Å². The molecular weight excluding hydrogens is 669 g/mol. The Hall–Kier alpha value is -2.12. The molecule has 1 aliphatic heterocycles. The summed E-state index contributed by atoms with van der Waals surface area (Å²) in [6, 6.07) is 17.7. The topological polar surface area (TPSA) is 59.9 Å². The summed E-state index contributed by atoms with van der Waals surface area (Å²) in [5.41, 5.74) is 2.43. The van der Waals surface area contributed by atoms with Crippen LogP contribution in [-0.2, 0) is 11.4 Å². The summed E-state index contributed by atoms with van der Waals surface area (Å²) < 4.78 is 26.7. The van der Waals surface area contributed by atoms with E-state index in [2.05, 4.69) is 55.5 Å². The predicted octanol–water partition coefficient (Wildman–Crippen LogP) is 6.51. The van der Waals surface area contributed by atoms with Gasteiger partial charge in [-0.3, -0.25) is 4.79 Å². The molecular formula is C24H17FI2N2O3S. The first-order chi connectivity index (χ1) is 15.9. The number of nitrogens with one attached hydrogen (secondary N) is 1. The quantitative estimate of drug-likeness (QED) is 0.237. The van der Waals surface area contributed by atoms with Crippen LogP contribution in [0.5, 0.6) is 11.5 Å². The molecule has 0 saturated carbocycles. The Morgan fingerprint density at radius 2 is 1.82 bits per heavy atom. The number of carbonyl (C=O) groups excluding carboxylic acids is 1. The van der Waals surface area contributed by atoms with E-state index in [1.807, 2.05) is 36.4 Å². The molecule has 0 atom stereocenters. The van der Waals surface area contributed by atoms with E-state index < -0.39 is 0 Å². The normalized spacial score (nSPS) is 15.7. The second-order valence-corrected chi connectivity index (χ2v) is 10.3. The number of methoxy groups -OCH3 is 1. The third kappa shape index (κ3) is 6.27. The lowest BCUT2D eigenvalue weighted by atomic mass is 10.2. The van der Waals surface area contributed by atoms with Crippen LogP contribution in [0.15, 0.2) is 70.6 Å². The van der Waals surface area contributed by atoms with Crippen LogP contribution in [0.1, 0.15) is 11.1 Å². The Kier molecular flexibility index (Phi) is 7.91. The van der Waals surface area contributed by atoms with E-state index in [0.717, 1.165) is 14.7 Å². The maximum absolute atomic E-state index is 13.1. The average molecular weight is 686 g/mol. The van der Waals surface area contributed by atoms with Crippen LogP contribution >= 0.6 is 56.9 Å². The zero-order valence-electron chi connectivity index (χ0n) is 17.3. The van der Waals surface area contributed by atoms with Gasteiger partial charge in [0, 0.05) is 3.57 Å². The van der Waals surface area contributed by atoms with Crippen LogP contribution in [0.3, 0.4) is 0 Å². The fourth-order valence-corrected chi connectivity index (χ4v) is 4.95. The molecule has 33 heavy (non-hydrogen) atoms. The molecule has 168 valence electrons. The maximum atomic E-state index is 13.1. The van der Waals surface area contributed by atoms with E-state index in [4.69, 9.17) is 9.47 Å². The number of benzene rings is 3. The lowest BCUT2D eigenvalue weighted by Crippen LogP contribution is -2.19. The van der Waals surface area contributed by atoms with Gasteiger partial charge in [0.15, 0.2) is 16.7 Å². The highest BCUT2D eigenvalue weighted by Crippen LogP contribution is 2.36. The first-order valence-corrected chi connectivity index (χ1v) is 12.7. The largest absolute Gasteiger partial charge is 0.493 e. The Labute approximate surface area is 222 Å². The van der Waals surface area contributed by atoms with Gasteiger partial charge in [0.2, 0.25) is 0 Å². The highest BCUT2D eigenvalue weighted by molar-refractivity contribution is 14.1. The van der Waals surface area contributed by atoms with Gasteiger partial charge in [-0.2, -0.15) is 0 Å². The van der Waals surface area contributed by atoms with Crippen molar-refractivity contribution in [3.05, 3.63) is 89.7 Å². The van der Waals surface area contributed by atoms with Crippen LogP contribution in [0.2, 0.25) is 0 Å². The number of hydrogen-bond acceptors (Lipinski definition) is 5. The molecule has 0 radical (unpaired) electrons. The van der Waals surface area contributed by atoms with Crippen molar-refractivity contribution in [3.63, 3.8) is 0 Å². The molecule has 5 nitrogen and oxygen atoms in total. The number of rotatable bonds is 6. The molecule has 0 aromatic heterocycles. The van der Waals surface area contributed by atoms with Gasteiger partial charge in [-0.15, -0.1) is 0 Å². The fraction of sp³-hybridized carbons (Fsp3) is 0.0833. The van der Waals surface area contributed by atoms with Crippen molar-refractivity contribution in [2.24, 2.45) is 4.99 Å². The summed E-state index contributed by atoms with van der Waals surface area (Å²) in [6.45, 7) is 0.422. The van der Waals surface area contributed by atoms with E-state index in [-0.39, 0.29) is 11.7 Å². The highest BCUT2D eigenvalue weighted by atomic mass is 127. The molecule has 4 rings (SSSR count). The minimum absolute atomic E-state index is 0.242. The molecule has 1 N–H and O–H groups in total. The van der Waals surface area contributed by atoms with Crippen molar-refractivity contribution in [1.29, 1.82) is 0 Å². The minimum atomic E-state index is -0.336. The first-order valence-electron chi connectivity index (χ1n) is 9.71. The third-order valence-electron chi connectivity index (χ3n) is 4.55. The van der Waals surface area contributed by atoms with E-state index in [1.165, 1.54) is 27.5 Å². The zero-order valence-corrected chi connectivity index (χ0v) is 22.4. The van der Waals surface area contributed by atoms with Crippen LogP contribution in [-0.4, -0.2) is 18.2 Å². The number of amides is 1. The molecule has 1 fully saturated rings. The van der Waals surface area contributed by atoms with Crippen molar-refractivity contribution in [1.82, 2.24) is 5.32 Å². The molecule has 1 aliphatic rings. The van der Waals surface area contributed by atoms with Gasteiger partial charge in [0.25, 0.3) is 5.91 Å². The number of halogens is 3. The van der Waals surface area contributed by atoms with E-state index >= 15 is 0 Å². The molecule has 3 aromatic rings. The number of thioether (sulfide) groups is 1. The Bertz CT molecular complexity index is 1250. The Morgan fingerprint density at radius 3 is 2.52 bits per heavy atom. The standard InChI is InChI=1S/C24H17FI2N2O3S/c1-31-20-11-15(10-19(27)22(20)32-13-14-2-6-17(26)7-3-14)12-21-23(30)29-24(33-21)28-18-8-4-16(25)5-9-18/h2-12H,13H2,1H3,(H,28,29,30)/b21-12+. The number of nitrogens with zero attached hydrogens (tertiary/aromatic N) is 1. The van der Waals surface area contributed by atoms with Gasteiger partial charge < -0.3 is 14.8 Å². The van der Waals surface area contributed by atoms with Gasteiger partial charge in [0.05, 0.1) is 21.3 Å². The number of aliphatic imine (C=N–C) groups is 1. The molecule has 9 heteroatoms. The number of carbonyl (C=O) groups is 1. The molecule has 0 spiro atoms.